The molecular formula is C15H17ClN2S2. The first-order valence-electron chi connectivity index (χ1n) is 6.90. The minimum Gasteiger partial charge on any atom is -0.379 e. The van der Waals surface area contributed by atoms with E-state index in [2.05, 4.69) is 34.6 Å². The van der Waals surface area contributed by atoms with Gasteiger partial charge in [0.1, 0.15) is 9.34 Å². The molecule has 0 radical (unpaired) electrons. The number of rotatable bonds is 5. The summed E-state index contributed by atoms with van der Waals surface area (Å²) in [5.41, 5.74) is 1.13. The number of thiazole rings is 1. The molecule has 0 aliphatic heterocycles. The Labute approximate surface area is 133 Å². The minimum atomic E-state index is 0.729. The molecule has 0 bridgehead atoms. The third kappa shape index (κ3) is 3.90. The van der Waals surface area contributed by atoms with E-state index >= 15 is 0 Å². The predicted octanol–water partition coefficient (Wildman–Crippen LogP) is 5.44. The smallest absolute Gasteiger partial charge is 0.113 e. The zero-order chi connectivity index (χ0) is 13.8. The highest BCUT2D eigenvalue weighted by Crippen LogP contribution is 2.35. The lowest BCUT2D eigenvalue weighted by Crippen LogP contribution is -1.98. The maximum absolute atomic E-state index is 5.87. The lowest BCUT2D eigenvalue weighted by atomic mass is 10.3. The number of aromatic nitrogens is 1. The monoisotopic (exact) mass is 324 g/mol. The van der Waals surface area contributed by atoms with Crippen LogP contribution < -0.4 is 5.32 Å². The molecule has 1 aromatic heterocycles. The van der Waals surface area contributed by atoms with Crippen LogP contribution in [0.5, 0.6) is 0 Å². The summed E-state index contributed by atoms with van der Waals surface area (Å²) in [5.74, 6) is 0. The van der Waals surface area contributed by atoms with E-state index in [0.717, 1.165) is 26.8 Å². The van der Waals surface area contributed by atoms with Crippen molar-refractivity contribution in [3.63, 3.8) is 0 Å². The van der Waals surface area contributed by atoms with Gasteiger partial charge in [-0.05, 0) is 37.1 Å². The zero-order valence-electron chi connectivity index (χ0n) is 11.1. The fraction of sp³-hybridized carbons (Fsp3) is 0.400. The molecular weight excluding hydrogens is 308 g/mol. The average Bonchev–Trinajstić information content (AvgIpc) is 3.10. The van der Waals surface area contributed by atoms with Gasteiger partial charge in [-0.25, -0.2) is 4.98 Å². The molecule has 5 heteroatoms. The van der Waals surface area contributed by atoms with E-state index < -0.39 is 0 Å². The van der Waals surface area contributed by atoms with Crippen molar-refractivity contribution in [3.8, 4) is 0 Å². The summed E-state index contributed by atoms with van der Waals surface area (Å²) >= 11 is 9.41. The second-order valence-electron chi connectivity index (χ2n) is 4.96. The first-order valence-corrected chi connectivity index (χ1v) is 8.98. The number of hydrogen-bond acceptors (Lipinski definition) is 4. The van der Waals surface area contributed by atoms with Gasteiger partial charge in [0, 0.05) is 15.8 Å². The summed E-state index contributed by atoms with van der Waals surface area (Å²) in [4.78, 5) is 5.61. The number of nitrogens with one attached hydrogen (secondary N) is 1. The Kier molecular flexibility index (Phi) is 4.86. The number of benzene rings is 1. The molecule has 1 saturated carbocycles. The molecule has 1 fully saturated rings. The lowest BCUT2D eigenvalue weighted by molar-refractivity contribution is 0.886. The van der Waals surface area contributed by atoms with Crippen molar-refractivity contribution in [3.05, 3.63) is 39.8 Å². The van der Waals surface area contributed by atoms with E-state index in [4.69, 9.17) is 11.6 Å². The van der Waals surface area contributed by atoms with Crippen molar-refractivity contribution in [1.82, 2.24) is 4.98 Å². The van der Waals surface area contributed by atoms with Gasteiger partial charge < -0.3 is 5.32 Å². The first-order chi connectivity index (χ1) is 9.79. The van der Waals surface area contributed by atoms with Crippen molar-refractivity contribution in [2.24, 2.45) is 0 Å². The third-order valence-electron chi connectivity index (χ3n) is 3.43. The molecule has 0 amide bonds. The number of halogens is 1. The van der Waals surface area contributed by atoms with Crippen molar-refractivity contribution < 1.29 is 0 Å². The summed E-state index contributed by atoms with van der Waals surface area (Å²) in [7, 11) is 0. The summed E-state index contributed by atoms with van der Waals surface area (Å²) in [6, 6.07) is 8.71. The average molecular weight is 325 g/mol. The fourth-order valence-corrected chi connectivity index (χ4v) is 4.54. The molecule has 1 aliphatic rings. The molecule has 1 heterocycles. The Morgan fingerprint density at radius 3 is 2.65 bits per heavy atom. The Morgan fingerprint density at radius 2 is 2.00 bits per heavy atom. The van der Waals surface area contributed by atoms with Gasteiger partial charge in [0.25, 0.3) is 0 Å². The molecule has 2 aromatic rings. The third-order valence-corrected chi connectivity index (χ3v) is 5.89. The molecule has 2 nitrogen and oxygen atoms in total. The SMILES string of the molecule is Clc1cnc(CNc2ccc(SC3CCCC3)cc2)s1. The van der Waals surface area contributed by atoms with Gasteiger partial charge in [-0.1, -0.05) is 24.4 Å². The minimum absolute atomic E-state index is 0.729. The van der Waals surface area contributed by atoms with Gasteiger partial charge in [-0.2, -0.15) is 0 Å². The molecule has 0 unspecified atom stereocenters. The highest BCUT2D eigenvalue weighted by molar-refractivity contribution is 8.00. The van der Waals surface area contributed by atoms with Crippen LogP contribution in [-0.2, 0) is 6.54 Å². The summed E-state index contributed by atoms with van der Waals surface area (Å²) < 4.78 is 0.741. The van der Waals surface area contributed by atoms with Gasteiger partial charge in [0.15, 0.2) is 0 Å². The number of nitrogens with zero attached hydrogens (tertiary/aromatic N) is 1. The Balaban J connectivity index is 1.52. The quantitative estimate of drug-likeness (QED) is 0.792. The Hall–Kier alpha value is -0.710. The van der Waals surface area contributed by atoms with Gasteiger partial charge in [0.2, 0.25) is 0 Å². The molecule has 106 valence electrons. The molecule has 1 aromatic carbocycles. The second kappa shape index (κ2) is 6.83. The number of hydrogen-bond donors (Lipinski definition) is 1. The van der Waals surface area contributed by atoms with E-state index in [1.165, 1.54) is 41.9 Å². The maximum Gasteiger partial charge on any atom is 0.113 e. The number of anilines is 1. The summed E-state index contributed by atoms with van der Waals surface area (Å²) in [5, 5.41) is 5.21. The normalized spacial score (nSPS) is 15.7. The van der Waals surface area contributed by atoms with Gasteiger partial charge in [-0.15, -0.1) is 23.1 Å². The molecule has 1 aliphatic carbocycles. The maximum atomic E-state index is 5.87. The highest BCUT2D eigenvalue weighted by atomic mass is 35.5. The van der Waals surface area contributed by atoms with Crippen LogP contribution >= 0.6 is 34.7 Å². The van der Waals surface area contributed by atoms with Gasteiger partial charge in [-0.3, -0.25) is 0 Å². The Bertz CT molecular complexity index is 547. The van der Waals surface area contributed by atoms with Crippen LogP contribution in [0.1, 0.15) is 30.7 Å². The molecule has 20 heavy (non-hydrogen) atoms. The van der Waals surface area contributed by atoms with Gasteiger partial charge in [0.05, 0.1) is 12.7 Å². The highest BCUT2D eigenvalue weighted by Gasteiger charge is 2.15. The van der Waals surface area contributed by atoms with Crippen LogP contribution in [0.2, 0.25) is 4.34 Å². The molecule has 3 rings (SSSR count). The van der Waals surface area contributed by atoms with Crippen LogP contribution in [0.25, 0.3) is 0 Å². The summed E-state index contributed by atoms with van der Waals surface area (Å²) in [6.45, 7) is 0.729. The predicted molar refractivity (Wildman–Crippen MR) is 89.0 cm³/mol. The van der Waals surface area contributed by atoms with Gasteiger partial charge >= 0.3 is 0 Å². The molecule has 0 saturated heterocycles. The van der Waals surface area contributed by atoms with E-state index in [1.54, 1.807) is 6.20 Å². The van der Waals surface area contributed by atoms with Crippen molar-refractivity contribution in [1.29, 1.82) is 0 Å². The Morgan fingerprint density at radius 1 is 1.25 bits per heavy atom. The molecule has 1 N–H and O–H groups in total. The topological polar surface area (TPSA) is 24.9 Å². The van der Waals surface area contributed by atoms with Crippen molar-refractivity contribution in [2.75, 3.05) is 5.32 Å². The lowest BCUT2D eigenvalue weighted by Gasteiger charge is -2.09. The largest absolute Gasteiger partial charge is 0.379 e. The van der Waals surface area contributed by atoms with Crippen molar-refractivity contribution in [2.45, 2.75) is 42.4 Å². The van der Waals surface area contributed by atoms with E-state index in [1.807, 2.05) is 11.8 Å². The van der Waals surface area contributed by atoms with E-state index in [-0.39, 0.29) is 0 Å². The van der Waals surface area contributed by atoms with E-state index in [9.17, 15) is 0 Å². The summed E-state index contributed by atoms with van der Waals surface area (Å²) in [6.07, 6.45) is 7.23. The molecule has 0 spiro atoms. The van der Waals surface area contributed by atoms with Crippen LogP contribution in [-0.4, -0.2) is 10.2 Å². The van der Waals surface area contributed by atoms with E-state index in [0.29, 0.717) is 0 Å². The zero-order valence-corrected chi connectivity index (χ0v) is 13.5. The number of thioether (sulfide) groups is 1. The first kappa shape index (κ1) is 14.2. The van der Waals surface area contributed by atoms with Crippen molar-refractivity contribution >= 4 is 40.4 Å². The second-order valence-corrected chi connectivity index (χ2v) is 8.08. The fourth-order valence-electron chi connectivity index (χ4n) is 2.40. The van der Waals surface area contributed by atoms with Crippen LogP contribution in [0.15, 0.2) is 35.4 Å². The van der Waals surface area contributed by atoms with Crippen LogP contribution in [0.4, 0.5) is 5.69 Å². The van der Waals surface area contributed by atoms with Crippen LogP contribution in [0, 0.1) is 0 Å². The van der Waals surface area contributed by atoms with Crippen LogP contribution in [0.3, 0.4) is 0 Å². The molecule has 0 atom stereocenters. The standard InChI is InChI=1S/C15H17ClN2S2/c16-14-9-18-15(20-14)10-17-11-5-7-13(8-6-11)19-12-3-1-2-4-12/h5-9,12,17H,1-4,10H2.